The van der Waals surface area contributed by atoms with Gasteiger partial charge in [-0.15, -0.1) is 0 Å². The molecule has 0 unspecified atom stereocenters. The molecule has 0 saturated carbocycles. The lowest BCUT2D eigenvalue weighted by Gasteiger charge is -2.01. The molecular formula is C14H12BrN3. The molecule has 18 heavy (non-hydrogen) atoms. The van der Waals surface area contributed by atoms with E-state index in [0.717, 1.165) is 28.8 Å². The van der Waals surface area contributed by atoms with Gasteiger partial charge < -0.3 is 0 Å². The molecule has 2 aromatic heterocycles. The maximum absolute atomic E-state index is 4.54. The average molecular weight is 302 g/mol. The monoisotopic (exact) mass is 301 g/mol. The second-order valence-electron chi connectivity index (χ2n) is 4.14. The lowest BCUT2D eigenvalue weighted by atomic mass is 10.1. The van der Waals surface area contributed by atoms with E-state index >= 15 is 0 Å². The fourth-order valence-electron chi connectivity index (χ4n) is 2.04. The van der Waals surface area contributed by atoms with Gasteiger partial charge in [0.05, 0.1) is 5.52 Å². The smallest absolute Gasteiger partial charge is 0.132 e. The minimum atomic E-state index is 0.882. The van der Waals surface area contributed by atoms with Crippen LogP contribution in [0.3, 0.4) is 0 Å². The highest BCUT2D eigenvalue weighted by atomic mass is 79.9. The van der Waals surface area contributed by atoms with Gasteiger partial charge in [0.15, 0.2) is 0 Å². The molecule has 3 nitrogen and oxygen atoms in total. The molecule has 0 saturated heterocycles. The fraction of sp³-hybridized carbons (Fsp3) is 0.143. The maximum Gasteiger partial charge on any atom is 0.132 e. The molecule has 0 bridgehead atoms. The quantitative estimate of drug-likeness (QED) is 0.743. The molecule has 0 amide bonds. The van der Waals surface area contributed by atoms with E-state index in [1.54, 1.807) is 6.20 Å². The van der Waals surface area contributed by atoms with Crippen LogP contribution in [0.25, 0.3) is 5.52 Å². The summed E-state index contributed by atoms with van der Waals surface area (Å²) < 4.78 is 2.92. The molecule has 90 valence electrons. The van der Waals surface area contributed by atoms with E-state index in [1.807, 2.05) is 22.9 Å². The normalized spacial score (nSPS) is 10.9. The first kappa shape index (κ1) is 11.4. The highest BCUT2D eigenvalue weighted by Crippen LogP contribution is 2.18. The van der Waals surface area contributed by atoms with Crippen LogP contribution in [-0.4, -0.2) is 14.4 Å². The minimum absolute atomic E-state index is 0.882. The number of halogens is 1. The number of nitrogens with zero attached hydrogens (tertiary/aromatic N) is 3. The molecular weight excluding hydrogens is 290 g/mol. The van der Waals surface area contributed by atoms with Gasteiger partial charge in [-0.05, 0) is 34.0 Å². The zero-order chi connectivity index (χ0) is 12.4. The molecule has 2 heterocycles. The predicted molar refractivity (Wildman–Crippen MR) is 74.5 cm³/mol. The first-order chi connectivity index (χ1) is 8.84. The standard InChI is InChI=1S/C14H12BrN3/c15-14-12-8-9-16-10-18(12)13(17-14)7-6-11-4-2-1-3-5-11/h1-5,8-10H,6-7H2. The van der Waals surface area contributed by atoms with Crippen molar-refractivity contribution in [1.82, 2.24) is 14.4 Å². The number of hydrogen-bond donors (Lipinski definition) is 0. The summed E-state index contributed by atoms with van der Waals surface area (Å²) in [6.07, 6.45) is 5.49. The first-order valence-corrected chi connectivity index (χ1v) is 6.64. The molecule has 0 fully saturated rings. The van der Waals surface area contributed by atoms with Crippen LogP contribution in [0.2, 0.25) is 0 Å². The number of hydrogen-bond acceptors (Lipinski definition) is 2. The van der Waals surface area contributed by atoms with Crippen LogP contribution < -0.4 is 0 Å². The Morgan fingerprint density at radius 2 is 1.89 bits per heavy atom. The van der Waals surface area contributed by atoms with E-state index in [4.69, 9.17) is 0 Å². The molecule has 0 aliphatic carbocycles. The third kappa shape index (κ3) is 2.16. The van der Waals surface area contributed by atoms with Gasteiger partial charge in [-0.3, -0.25) is 4.40 Å². The molecule has 3 aromatic rings. The van der Waals surface area contributed by atoms with Crippen LogP contribution in [0, 0.1) is 0 Å². The highest BCUT2D eigenvalue weighted by Gasteiger charge is 2.08. The Bertz CT molecular complexity index is 661. The van der Waals surface area contributed by atoms with Gasteiger partial charge in [0.25, 0.3) is 0 Å². The molecule has 0 spiro atoms. The number of rotatable bonds is 3. The van der Waals surface area contributed by atoms with E-state index in [1.165, 1.54) is 5.56 Å². The van der Waals surface area contributed by atoms with Crippen LogP contribution in [0.5, 0.6) is 0 Å². The Morgan fingerprint density at radius 1 is 1.06 bits per heavy atom. The van der Waals surface area contributed by atoms with Crippen molar-refractivity contribution in [3.8, 4) is 0 Å². The second kappa shape index (κ2) is 4.90. The Labute approximate surface area is 114 Å². The van der Waals surface area contributed by atoms with Crippen LogP contribution in [0.1, 0.15) is 11.4 Å². The van der Waals surface area contributed by atoms with Crippen molar-refractivity contribution in [3.63, 3.8) is 0 Å². The third-order valence-electron chi connectivity index (χ3n) is 2.96. The van der Waals surface area contributed by atoms with Gasteiger partial charge >= 0.3 is 0 Å². The van der Waals surface area contributed by atoms with Crippen molar-refractivity contribution in [1.29, 1.82) is 0 Å². The molecule has 3 rings (SSSR count). The average Bonchev–Trinajstić information content (AvgIpc) is 2.75. The highest BCUT2D eigenvalue weighted by molar-refractivity contribution is 9.10. The Morgan fingerprint density at radius 3 is 2.72 bits per heavy atom. The second-order valence-corrected chi connectivity index (χ2v) is 4.89. The molecule has 0 atom stereocenters. The van der Waals surface area contributed by atoms with Crippen LogP contribution in [0.4, 0.5) is 0 Å². The van der Waals surface area contributed by atoms with Gasteiger partial charge in [-0.1, -0.05) is 30.3 Å². The van der Waals surface area contributed by atoms with Gasteiger partial charge in [0.2, 0.25) is 0 Å². The van der Waals surface area contributed by atoms with Crippen LogP contribution >= 0.6 is 15.9 Å². The van der Waals surface area contributed by atoms with Crippen molar-refractivity contribution in [2.75, 3.05) is 0 Å². The Kier molecular flexibility index (Phi) is 3.11. The summed E-state index contributed by atoms with van der Waals surface area (Å²) in [5.74, 6) is 1.04. The van der Waals surface area contributed by atoms with Gasteiger partial charge in [-0.2, -0.15) is 0 Å². The van der Waals surface area contributed by atoms with Crippen molar-refractivity contribution < 1.29 is 0 Å². The van der Waals surface area contributed by atoms with Crippen LogP contribution in [0.15, 0.2) is 53.5 Å². The van der Waals surface area contributed by atoms with Crippen molar-refractivity contribution >= 4 is 21.4 Å². The zero-order valence-electron chi connectivity index (χ0n) is 9.75. The summed E-state index contributed by atoms with van der Waals surface area (Å²) in [6, 6.07) is 12.4. The zero-order valence-corrected chi connectivity index (χ0v) is 11.3. The molecule has 1 aromatic carbocycles. The molecule has 4 heteroatoms. The van der Waals surface area contributed by atoms with E-state index in [9.17, 15) is 0 Å². The van der Waals surface area contributed by atoms with E-state index < -0.39 is 0 Å². The minimum Gasteiger partial charge on any atom is -0.286 e. The predicted octanol–water partition coefficient (Wildman–Crippen LogP) is 3.28. The van der Waals surface area contributed by atoms with Gasteiger partial charge in [0.1, 0.15) is 16.8 Å². The van der Waals surface area contributed by atoms with Gasteiger partial charge in [0, 0.05) is 12.6 Å². The lowest BCUT2D eigenvalue weighted by molar-refractivity contribution is 0.843. The summed E-state index contributed by atoms with van der Waals surface area (Å²) in [4.78, 5) is 8.69. The molecule has 0 radical (unpaired) electrons. The molecule has 0 N–H and O–H groups in total. The third-order valence-corrected chi connectivity index (χ3v) is 3.54. The first-order valence-electron chi connectivity index (χ1n) is 5.85. The lowest BCUT2D eigenvalue weighted by Crippen LogP contribution is -1.98. The fourth-order valence-corrected chi connectivity index (χ4v) is 2.56. The topological polar surface area (TPSA) is 30.2 Å². The summed E-state index contributed by atoms with van der Waals surface area (Å²) >= 11 is 3.48. The Hall–Kier alpha value is -1.68. The summed E-state index contributed by atoms with van der Waals surface area (Å²) in [5.41, 5.74) is 2.39. The van der Waals surface area contributed by atoms with E-state index in [0.29, 0.717) is 0 Å². The van der Waals surface area contributed by atoms with Crippen molar-refractivity contribution in [2.24, 2.45) is 0 Å². The number of aryl methyl sites for hydroxylation is 2. The van der Waals surface area contributed by atoms with E-state index in [2.05, 4.69) is 50.2 Å². The maximum atomic E-state index is 4.54. The van der Waals surface area contributed by atoms with Crippen LogP contribution in [-0.2, 0) is 12.8 Å². The summed E-state index contributed by atoms with van der Waals surface area (Å²) in [6.45, 7) is 0. The largest absolute Gasteiger partial charge is 0.286 e. The summed E-state index contributed by atoms with van der Waals surface area (Å²) in [7, 11) is 0. The number of aromatic nitrogens is 3. The van der Waals surface area contributed by atoms with E-state index in [-0.39, 0.29) is 0 Å². The number of fused-ring (bicyclic) bond motifs is 1. The molecule has 0 aliphatic rings. The Balaban J connectivity index is 1.87. The SMILES string of the molecule is Brc1nc(CCc2ccccc2)n2cnccc12. The van der Waals surface area contributed by atoms with Crippen molar-refractivity contribution in [3.05, 3.63) is 64.9 Å². The summed E-state index contributed by atoms with van der Waals surface area (Å²) in [5, 5.41) is 0. The van der Waals surface area contributed by atoms with Gasteiger partial charge in [-0.25, -0.2) is 9.97 Å². The van der Waals surface area contributed by atoms with Crippen molar-refractivity contribution in [2.45, 2.75) is 12.8 Å². The number of benzene rings is 1. The number of imidazole rings is 1. The molecule has 0 aliphatic heterocycles.